The van der Waals surface area contributed by atoms with Crippen LogP contribution in [0.15, 0.2) is 36.4 Å². The van der Waals surface area contributed by atoms with Crippen molar-refractivity contribution in [1.29, 1.82) is 0 Å². The normalized spacial score (nSPS) is 24.2. The highest BCUT2D eigenvalue weighted by molar-refractivity contribution is 5.94. The van der Waals surface area contributed by atoms with Gasteiger partial charge in [-0.25, -0.2) is 0 Å². The summed E-state index contributed by atoms with van der Waals surface area (Å²) in [4.78, 5) is 26.8. The molecule has 150 valence electrons. The summed E-state index contributed by atoms with van der Waals surface area (Å²) < 4.78 is 1.61. The number of aromatic nitrogens is 2. The number of piperidine rings is 2. The van der Waals surface area contributed by atoms with Crippen LogP contribution in [-0.2, 0) is 11.8 Å². The first-order valence-corrected chi connectivity index (χ1v) is 9.37. The average molecular weight is 405 g/mol. The first kappa shape index (κ1) is 20.4. The predicted molar refractivity (Wildman–Crippen MR) is 108 cm³/mol. The number of carboxylic acids is 1. The van der Waals surface area contributed by atoms with Crippen LogP contribution in [0.2, 0.25) is 0 Å². The van der Waals surface area contributed by atoms with Crippen molar-refractivity contribution in [1.82, 2.24) is 20.0 Å². The van der Waals surface area contributed by atoms with Gasteiger partial charge in [-0.15, -0.1) is 12.4 Å². The molecule has 2 N–H and O–H groups in total. The summed E-state index contributed by atoms with van der Waals surface area (Å²) in [6.45, 7) is 1.66. The number of carbonyl (C=O) groups excluding carboxylic acids is 1. The van der Waals surface area contributed by atoms with E-state index >= 15 is 0 Å². The maximum Gasteiger partial charge on any atom is 0.311 e. The molecular formula is C20H25ClN4O3. The Bertz CT molecular complexity index is 870. The number of rotatable bonds is 3. The van der Waals surface area contributed by atoms with Crippen molar-refractivity contribution in [3.8, 4) is 11.3 Å². The lowest BCUT2D eigenvalue weighted by molar-refractivity contribution is -0.156. The van der Waals surface area contributed by atoms with Crippen molar-refractivity contribution in [2.24, 2.45) is 12.5 Å². The third kappa shape index (κ3) is 3.40. The minimum absolute atomic E-state index is 0. The van der Waals surface area contributed by atoms with Crippen LogP contribution in [0.3, 0.4) is 0 Å². The van der Waals surface area contributed by atoms with Crippen LogP contribution in [0.1, 0.15) is 29.8 Å². The SMILES string of the molecule is Cl.Cn1nc(-c2ccccc2)cc1C(=O)N1CC[C@@]2(C(=O)O)CCCN[C@@H]2C1. The first-order valence-electron chi connectivity index (χ1n) is 9.37. The van der Waals surface area contributed by atoms with Gasteiger partial charge in [-0.3, -0.25) is 14.3 Å². The minimum Gasteiger partial charge on any atom is -0.481 e. The van der Waals surface area contributed by atoms with Crippen LogP contribution < -0.4 is 5.32 Å². The number of carboxylic acid groups (broad SMARTS) is 1. The van der Waals surface area contributed by atoms with Gasteiger partial charge in [0.05, 0.1) is 11.1 Å². The molecule has 4 rings (SSSR count). The maximum absolute atomic E-state index is 13.1. The molecule has 1 aromatic carbocycles. The van der Waals surface area contributed by atoms with E-state index in [0.29, 0.717) is 31.6 Å². The molecule has 2 aliphatic heterocycles. The fraction of sp³-hybridized carbons (Fsp3) is 0.450. The Kier molecular flexibility index (Phi) is 5.76. The summed E-state index contributed by atoms with van der Waals surface area (Å²) in [5.74, 6) is -0.850. The number of aryl methyl sites for hydroxylation is 1. The molecule has 2 aliphatic rings. The van der Waals surface area contributed by atoms with E-state index in [1.54, 1.807) is 16.6 Å². The van der Waals surface area contributed by atoms with Gasteiger partial charge in [0.2, 0.25) is 0 Å². The van der Waals surface area contributed by atoms with Gasteiger partial charge in [0.15, 0.2) is 0 Å². The molecule has 0 saturated carbocycles. The van der Waals surface area contributed by atoms with E-state index in [-0.39, 0.29) is 24.4 Å². The molecule has 1 aromatic heterocycles. The van der Waals surface area contributed by atoms with E-state index in [0.717, 1.165) is 24.2 Å². The van der Waals surface area contributed by atoms with E-state index in [1.807, 2.05) is 36.4 Å². The topological polar surface area (TPSA) is 87.5 Å². The zero-order chi connectivity index (χ0) is 19.0. The van der Waals surface area contributed by atoms with Crippen LogP contribution in [0, 0.1) is 5.41 Å². The quantitative estimate of drug-likeness (QED) is 0.818. The fourth-order valence-electron chi connectivity index (χ4n) is 4.36. The number of likely N-dealkylation sites (tertiary alicyclic amines) is 1. The highest BCUT2D eigenvalue weighted by Gasteiger charge is 2.51. The van der Waals surface area contributed by atoms with Crippen molar-refractivity contribution in [2.75, 3.05) is 19.6 Å². The van der Waals surface area contributed by atoms with Gasteiger partial charge < -0.3 is 15.3 Å². The Morgan fingerprint density at radius 3 is 2.71 bits per heavy atom. The van der Waals surface area contributed by atoms with E-state index in [9.17, 15) is 14.7 Å². The lowest BCUT2D eigenvalue weighted by Crippen LogP contribution is -2.63. The summed E-state index contributed by atoms with van der Waals surface area (Å²) in [7, 11) is 1.77. The number of amides is 1. The Morgan fingerprint density at radius 1 is 1.25 bits per heavy atom. The lowest BCUT2D eigenvalue weighted by atomic mass is 9.69. The molecule has 2 saturated heterocycles. The monoisotopic (exact) mass is 404 g/mol. The molecule has 0 bridgehead atoms. The molecule has 28 heavy (non-hydrogen) atoms. The van der Waals surface area contributed by atoms with E-state index in [1.165, 1.54) is 0 Å². The molecule has 0 aliphatic carbocycles. The highest BCUT2D eigenvalue weighted by atomic mass is 35.5. The van der Waals surface area contributed by atoms with Gasteiger partial charge in [-0.2, -0.15) is 5.10 Å². The summed E-state index contributed by atoms with van der Waals surface area (Å²) in [6, 6.07) is 11.4. The number of nitrogens with zero attached hydrogens (tertiary/aromatic N) is 3. The van der Waals surface area contributed by atoms with Crippen LogP contribution in [0.4, 0.5) is 0 Å². The molecule has 0 unspecified atom stereocenters. The maximum atomic E-state index is 13.1. The standard InChI is InChI=1S/C20H24N4O3.ClH/c1-23-16(12-15(22-23)14-6-3-2-4-7-14)18(25)24-11-9-20(19(26)27)8-5-10-21-17(20)13-24;/h2-4,6-7,12,17,21H,5,8-11,13H2,1H3,(H,26,27);1H/t17-,20+;/m1./s1. The molecule has 1 amide bonds. The molecule has 7 nitrogen and oxygen atoms in total. The van der Waals surface area contributed by atoms with E-state index in [2.05, 4.69) is 10.4 Å². The second-order valence-corrected chi connectivity index (χ2v) is 7.48. The van der Waals surface area contributed by atoms with Gasteiger partial charge >= 0.3 is 5.97 Å². The third-order valence-corrected chi connectivity index (χ3v) is 5.97. The predicted octanol–water partition coefficient (Wildman–Crippen LogP) is 2.18. The summed E-state index contributed by atoms with van der Waals surface area (Å²) in [5, 5.41) is 17.6. The van der Waals surface area contributed by atoms with Crippen LogP contribution in [-0.4, -0.2) is 57.3 Å². The van der Waals surface area contributed by atoms with E-state index < -0.39 is 11.4 Å². The molecule has 8 heteroatoms. The van der Waals surface area contributed by atoms with Crippen molar-refractivity contribution >= 4 is 24.3 Å². The number of benzene rings is 1. The van der Waals surface area contributed by atoms with Crippen molar-refractivity contribution < 1.29 is 14.7 Å². The number of hydrogen-bond acceptors (Lipinski definition) is 4. The van der Waals surface area contributed by atoms with Gasteiger partial charge in [-0.1, -0.05) is 30.3 Å². The summed E-state index contributed by atoms with van der Waals surface area (Å²) in [6.07, 6.45) is 2.01. The number of nitrogens with one attached hydrogen (secondary N) is 1. The van der Waals surface area contributed by atoms with Gasteiger partial charge in [0.25, 0.3) is 5.91 Å². The highest BCUT2D eigenvalue weighted by Crippen LogP contribution is 2.39. The molecule has 2 fully saturated rings. The molecule has 0 radical (unpaired) electrons. The van der Waals surface area contributed by atoms with Gasteiger partial charge in [0.1, 0.15) is 5.69 Å². The van der Waals surface area contributed by atoms with Crippen LogP contribution >= 0.6 is 12.4 Å². The summed E-state index contributed by atoms with van der Waals surface area (Å²) in [5.41, 5.74) is 1.49. The second kappa shape index (κ2) is 7.93. The molecule has 0 spiro atoms. The molecule has 2 aromatic rings. The van der Waals surface area contributed by atoms with Crippen molar-refractivity contribution in [3.05, 3.63) is 42.1 Å². The molecule has 3 heterocycles. The third-order valence-electron chi connectivity index (χ3n) is 5.97. The lowest BCUT2D eigenvalue weighted by Gasteiger charge is -2.48. The van der Waals surface area contributed by atoms with Crippen LogP contribution in [0.5, 0.6) is 0 Å². The number of aliphatic carboxylic acids is 1. The number of halogens is 1. The largest absolute Gasteiger partial charge is 0.481 e. The smallest absolute Gasteiger partial charge is 0.311 e. The first-order chi connectivity index (χ1) is 13.0. The Morgan fingerprint density at radius 2 is 2.00 bits per heavy atom. The van der Waals surface area contributed by atoms with Crippen molar-refractivity contribution in [3.63, 3.8) is 0 Å². The zero-order valence-electron chi connectivity index (χ0n) is 15.8. The number of fused-ring (bicyclic) bond motifs is 1. The Balaban J connectivity index is 0.00000225. The van der Waals surface area contributed by atoms with Gasteiger partial charge in [0, 0.05) is 31.7 Å². The Hall–Kier alpha value is -2.38. The average Bonchev–Trinajstić information content (AvgIpc) is 3.09. The molecule has 2 atom stereocenters. The number of carbonyl (C=O) groups is 2. The second-order valence-electron chi connectivity index (χ2n) is 7.48. The number of hydrogen-bond donors (Lipinski definition) is 2. The minimum atomic E-state index is -0.753. The fourth-order valence-corrected chi connectivity index (χ4v) is 4.36. The van der Waals surface area contributed by atoms with Crippen LogP contribution in [0.25, 0.3) is 11.3 Å². The van der Waals surface area contributed by atoms with E-state index in [4.69, 9.17) is 0 Å². The summed E-state index contributed by atoms with van der Waals surface area (Å²) >= 11 is 0. The zero-order valence-corrected chi connectivity index (χ0v) is 16.6. The Labute approximate surface area is 170 Å². The van der Waals surface area contributed by atoms with Gasteiger partial charge in [-0.05, 0) is 31.9 Å². The molecular weight excluding hydrogens is 380 g/mol. The van der Waals surface area contributed by atoms with Crippen molar-refractivity contribution in [2.45, 2.75) is 25.3 Å².